The summed E-state index contributed by atoms with van der Waals surface area (Å²) in [7, 11) is 1.98. The number of carboxylic acid groups (broad SMARTS) is 1. The van der Waals surface area contributed by atoms with E-state index in [4.69, 9.17) is 5.11 Å². The van der Waals surface area contributed by atoms with Gasteiger partial charge in [0.2, 0.25) is 0 Å². The number of hydrogen-bond acceptors (Lipinski definition) is 2. The SMILES string of the molecule is CN1CCC(C(=O)O)=Cc2cc(Br)ccc21.Cl. The third kappa shape index (κ3) is 3.01. The van der Waals surface area contributed by atoms with Crippen LogP contribution in [0.3, 0.4) is 0 Å². The van der Waals surface area contributed by atoms with Gasteiger partial charge in [-0.2, -0.15) is 0 Å². The maximum atomic E-state index is 11.0. The zero-order chi connectivity index (χ0) is 11.7. The van der Waals surface area contributed by atoms with Gasteiger partial charge in [-0.15, -0.1) is 12.4 Å². The first-order valence-corrected chi connectivity index (χ1v) is 5.82. The van der Waals surface area contributed by atoms with Crippen LogP contribution in [0.25, 0.3) is 6.08 Å². The second kappa shape index (κ2) is 5.56. The van der Waals surface area contributed by atoms with Crippen molar-refractivity contribution in [2.24, 2.45) is 0 Å². The van der Waals surface area contributed by atoms with Crippen molar-refractivity contribution >= 4 is 46.1 Å². The molecule has 0 atom stereocenters. The van der Waals surface area contributed by atoms with Gasteiger partial charge in [0.1, 0.15) is 0 Å². The van der Waals surface area contributed by atoms with Crippen LogP contribution in [0.15, 0.2) is 28.2 Å². The Kier molecular flexibility index (Phi) is 4.60. The molecular formula is C12H13BrClNO2. The van der Waals surface area contributed by atoms with Gasteiger partial charge < -0.3 is 10.0 Å². The molecule has 1 aliphatic heterocycles. The molecule has 0 radical (unpaired) electrons. The molecule has 3 nitrogen and oxygen atoms in total. The molecule has 1 aromatic rings. The minimum absolute atomic E-state index is 0. The summed E-state index contributed by atoms with van der Waals surface area (Å²) >= 11 is 3.40. The van der Waals surface area contributed by atoms with E-state index in [0.29, 0.717) is 12.0 Å². The standard InChI is InChI=1S/C12H12BrNO2.ClH/c1-14-5-4-8(12(15)16)6-9-7-10(13)2-3-11(9)14;/h2-3,6-7H,4-5H2,1H3,(H,15,16);1H. The minimum atomic E-state index is -0.832. The van der Waals surface area contributed by atoms with Crippen molar-refractivity contribution in [1.29, 1.82) is 0 Å². The molecule has 0 aliphatic carbocycles. The van der Waals surface area contributed by atoms with E-state index in [1.807, 2.05) is 25.2 Å². The van der Waals surface area contributed by atoms with Crippen molar-refractivity contribution in [3.8, 4) is 0 Å². The number of benzene rings is 1. The number of carboxylic acids is 1. The van der Waals surface area contributed by atoms with Crippen LogP contribution in [-0.4, -0.2) is 24.7 Å². The maximum absolute atomic E-state index is 11.0. The molecule has 5 heteroatoms. The predicted octanol–water partition coefficient (Wildman–Crippen LogP) is 3.18. The molecule has 1 aromatic carbocycles. The summed E-state index contributed by atoms with van der Waals surface area (Å²) in [5.74, 6) is -0.832. The van der Waals surface area contributed by atoms with E-state index < -0.39 is 5.97 Å². The monoisotopic (exact) mass is 317 g/mol. The Morgan fingerprint density at radius 3 is 2.82 bits per heavy atom. The van der Waals surface area contributed by atoms with Gasteiger partial charge in [-0.1, -0.05) is 15.9 Å². The molecule has 2 rings (SSSR count). The molecule has 0 saturated carbocycles. The van der Waals surface area contributed by atoms with Crippen molar-refractivity contribution in [2.75, 3.05) is 18.5 Å². The number of hydrogen-bond donors (Lipinski definition) is 1. The topological polar surface area (TPSA) is 40.5 Å². The molecule has 0 amide bonds. The average Bonchev–Trinajstić information content (AvgIpc) is 2.38. The Hall–Kier alpha value is -1.000. The summed E-state index contributed by atoms with van der Waals surface area (Å²) in [6, 6.07) is 5.91. The number of anilines is 1. The second-order valence-corrected chi connectivity index (χ2v) is 4.77. The molecule has 1 aliphatic rings. The van der Waals surface area contributed by atoms with Crippen LogP contribution in [0.2, 0.25) is 0 Å². The molecule has 1 N–H and O–H groups in total. The Bertz CT molecular complexity index is 474. The molecule has 17 heavy (non-hydrogen) atoms. The van der Waals surface area contributed by atoms with Gasteiger partial charge in [0.25, 0.3) is 0 Å². The normalized spacial score (nSPS) is 14.2. The molecule has 0 bridgehead atoms. The minimum Gasteiger partial charge on any atom is -0.478 e. The van der Waals surface area contributed by atoms with E-state index in [0.717, 1.165) is 22.3 Å². The molecular weight excluding hydrogens is 305 g/mol. The van der Waals surface area contributed by atoms with E-state index in [1.54, 1.807) is 6.08 Å². The number of aliphatic carboxylic acids is 1. The highest BCUT2D eigenvalue weighted by molar-refractivity contribution is 9.10. The van der Waals surface area contributed by atoms with Crippen molar-refractivity contribution < 1.29 is 9.90 Å². The lowest BCUT2D eigenvalue weighted by Crippen LogP contribution is -2.19. The highest BCUT2D eigenvalue weighted by Gasteiger charge is 2.16. The predicted molar refractivity (Wildman–Crippen MR) is 74.9 cm³/mol. The van der Waals surface area contributed by atoms with Gasteiger partial charge in [-0.25, -0.2) is 4.79 Å². The molecule has 1 heterocycles. The van der Waals surface area contributed by atoms with E-state index in [9.17, 15) is 4.79 Å². The second-order valence-electron chi connectivity index (χ2n) is 3.85. The van der Waals surface area contributed by atoms with Crippen LogP contribution in [0.5, 0.6) is 0 Å². The first kappa shape index (κ1) is 14.1. The van der Waals surface area contributed by atoms with Crippen molar-refractivity contribution in [2.45, 2.75) is 6.42 Å². The zero-order valence-corrected chi connectivity index (χ0v) is 11.7. The lowest BCUT2D eigenvalue weighted by atomic mass is 10.1. The fraction of sp³-hybridized carbons (Fsp3) is 0.250. The largest absolute Gasteiger partial charge is 0.478 e. The van der Waals surface area contributed by atoms with Crippen LogP contribution in [0.4, 0.5) is 5.69 Å². The van der Waals surface area contributed by atoms with Crippen LogP contribution in [0.1, 0.15) is 12.0 Å². The summed E-state index contributed by atoms with van der Waals surface area (Å²) in [6.45, 7) is 0.729. The summed E-state index contributed by atoms with van der Waals surface area (Å²) in [5, 5.41) is 9.05. The van der Waals surface area contributed by atoms with Crippen LogP contribution in [0, 0.1) is 0 Å². The Morgan fingerprint density at radius 2 is 2.18 bits per heavy atom. The van der Waals surface area contributed by atoms with E-state index in [1.165, 1.54) is 0 Å². The van der Waals surface area contributed by atoms with Gasteiger partial charge in [-0.3, -0.25) is 0 Å². The number of rotatable bonds is 1. The van der Waals surface area contributed by atoms with Crippen LogP contribution in [-0.2, 0) is 4.79 Å². The highest BCUT2D eigenvalue weighted by atomic mass is 79.9. The summed E-state index contributed by atoms with van der Waals surface area (Å²) in [4.78, 5) is 13.1. The number of carbonyl (C=O) groups is 1. The third-order valence-electron chi connectivity index (χ3n) is 2.72. The van der Waals surface area contributed by atoms with Crippen molar-refractivity contribution in [3.05, 3.63) is 33.8 Å². The van der Waals surface area contributed by atoms with Gasteiger partial charge in [-0.05, 0) is 36.3 Å². The lowest BCUT2D eigenvalue weighted by molar-refractivity contribution is -0.132. The summed E-state index contributed by atoms with van der Waals surface area (Å²) < 4.78 is 0.961. The van der Waals surface area contributed by atoms with Crippen LogP contribution >= 0.6 is 28.3 Å². The molecule has 92 valence electrons. The van der Waals surface area contributed by atoms with E-state index in [2.05, 4.69) is 20.8 Å². The maximum Gasteiger partial charge on any atom is 0.331 e. The van der Waals surface area contributed by atoms with Crippen LogP contribution < -0.4 is 4.90 Å². The smallest absolute Gasteiger partial charge is 0.331 e. The molecule has 0 unspecified atom stereocenters. The van der Waals surface area contributed by atoms with Gasteiger partial charge in [0, 0.05) is 29.3 Å². The van der Waals surface area contributed by atoms with Gasteiger partial charge in [0.05, 0.1) is 0 Å². The average molecular weight is 319 g/mol. The van der Waals surface area contributed by atoms with Gasteiger partial charge in [0.15, 0.2) is 0 Å². The lowest BCUT2D eigenvalue weighted by Gasteiger charge is -2.19. The first-order valence-electron chi connectivity index (χ1n) is 5.02. The Labute approximate surface area is 115 Å². The highest BCUT2D eigenvalue weighted by Crippen LogP contribution is 2.29. The molecule has 0 spiro atoms. The van der Waals surface area contributed by atoms with Crippen molar-refractivity contribution in [1.82, 2.24) is 0 Å². The summed E-state index contributed by atoms with van der Waals surface area (Å²) in [5.41, 5.74) is 2.48. The fourth-order valence-electron chi connectivity index (χ4n) is 1.83. The fourth-order valence-corrected chi connectivity index (χ4v) is 2.20. The zero-order valence-electron chi connectivity index (χ0n) is 9.31. The van der Waals surface area contributed by atoms with E-state index >= 15 is 0 Å². The Balaban J connectivity index is 0.00000144. The molecule has 0 fully saturated rings. The molecule has 0 saturated heterocycles. The van der Waals surface area contributed by atoms with E-state index in [-0.39, 0.29) is 12.4 Å². The molecule has 0 aromatic heterocycles. The third-order valence-corrected chi connectivity index (χ3v) is 3.22. The number of fused-ring (bicyclic) bond motifs is 1. The Morgan fingerprint density at radius 1 is 1.47 bits per heavy atom. The first-order chi connectivity index (χ1) is 7.58. The van der Waals surface area contributed by atoms with Gasteiger partial charge >= 0.3 is 5.97 Å². The van der Waals surface area contributed by atoms with Crippen molar-refractivity contribution in [3.63, 3.8) is 0 Å². The quantitative estimate of drug-likeness (QED) is 0.864. The number of halogens is 2. The summed E-state index contributed by atoms with van der Waals surface area (Å²) in [6.07, 6.45) is 2.32. The number of nitrogens with zero attached hydrogens (tertiary/aromatic N) is 1.